The van der Waals surface area contributed by atoms with Crippen LogP contribution in [-0.4, -0.2) is 56.1 Å². The number of benzene rings is 1. The second kappa shape index (κ2) is 7.21. The fourth-order valence-corrected chi connectivity index (χ4v) is 5.15. The van der Waals surface area contributed by atoms with Crippen molar-refractivity contribution in [2.75, 3.05) is 6.54 Å². The molecule has 0 spiro atoms. The third-order valence-corrected chi connectivity index (χ3v) is 6.55. The Morgan fingerprint density at radius 3 is 2.61 bits per heavy atom. The van der Waals surface area contributed by atoms with Gasteiger partial charge in [0, 0.05) is 11.5 Å². The minimum Gasteiger partial charge on any atom is -0.510 e. The van der Waals surface area contributed by atoms with E-state index in [4.69, 9.17) is 5.73 Å². The van der Waals surface area contributed by atoms with Crippen LogP contribution in [0.1, 0.15) is 35.7 Å². The summed E-state index contributed by atoms with van der Waals surface area (Å²) in [6, 6.07) is 3.63. The average Bonchev–Trinajstić information content (AvgIpc) is 2.70. The fraction of sp³-hybridized carbons (Fsp3) is 0.409. The molecule has 1 aromatic carbocycles. The molecule has 0 heterocycles. The highest BCUT2D eigenvalue weighted by molar-refractivity contribution is 6.24. The number of primary amides is 1. The SMILES string of the molecule is CCCN[C@@H]1C(O)=C(C(N)=O)C(=O)[C@@]2(O)C(O)=C3C(=O)c4c(O)cccc4C[C@H]3C[C@@H]12. The van der Waals surface area contributed by atoms with E-state index < -0.39 is 58.0 Å². The standard InChI is InChI=1S/C22H24N2O7/c1-2-6-24-16-11-8-10-7-9-4-3-5-12(25)13(9)17(26)14(10)19(28)22(11,31)20(29)15(18(16)27)21(23)30/h3-5,10-11,16,24-25,27-28,31H,2,6-8H2,1H3,(H2,23,30)/t10-,11-,16-,22-/m0/s1. The second-order valence-corrected chi connectivity index (χ2v) is 8.30. The molecule has 7 N–H and O–H groups in total. The first kappa shape index (κ1) is 21.1. The van der Waals surface area contributed by atoms with Crippen molar-refractivity contribution >= 4 is 17.5 Å². The zero-order valence-electron chi connectivity index (χ0n) is 16.9. The third-order valence-electron chi connectivity index (χ3n) is 6.55. The van der Waals surface area contributed by atoms with Gasteiger partial charge in [0.1, 0.15) is 22.8 Å². The number of aliphatic hydroxyl groups excluding tert-OH is 2. The summed E-state index contributed by atoms with van der Waals surface area (Å²) >= 11 is 0. The summed E-state index contributed by atoms with van der Waals surface area (Å²) in [5, 5.41) is 46.4. The van der Waals surface area contributed by atoms with Gasteiger partial charge < -0.3 is 31.5 Å². The van der Waals surface area contributed by atoms with E-state index in [1.54, 1.807) is 12.1 Å². The number of phenolic OH excluding ortho intramolecular Hbond substituents is 1. The highest BCUT2D eigenvalue weighted by Crippen LogP contribution is 2.51. The zero-order valence-corrected chi connectivity index (χ0v) is 16.9. The normalized spacial score (nSPS) is 30.1. The number of nitrogens with two attached hydrogens (primary N) is 1. The van der Waals surface area contributed by atoms with E-state index in [-0.39, 0.29) is 23.3 Å². The lowest BCUT2D eigenvalue weighted by molar-refractivity contribution is -0.146. The highest BCUT2D eigenvalue weighted by atomic mass is 16.3. The van der Waals surface area contributed by atoms with Gasteiger partial charge in [0.05, 0.1) is 11.6 Å². The molecular weight excluding hydrogens is 404 g/mol. The molecule has 0 unspecified atom stereocenters. The van der Waals surface area contributed by atoms with Crippen LogP contribution in [0.15, 0.2) is 40.9 Å². The Bertz CT molecular complexity index is 1070. The quantitative estimate of drug-likeness (QED) is 0.378. The summed E-state index contributed by atoms with van der Waals surface area (Å²) in [5.41, 5.74) is 2.33. The Hall–Kier alpha value is -3.17. The number of nitrogens with one attached hydrogen (secondary N) is 1. The molecular formula is C22H24N2O7. The highest BCUT2D eigenvalue weighted by Gasteiger charge is 2.62. The summed E-state index contributed by atoms with van der Waals surface area (Å²) in [5.74, 6) is -6.43. The Labute approximate surface area is 177 Å². The molecule has 0 saturated carbocycles. The van der Waals surface area contributed by atoms with Crippen molar-refractivity contribution in [1.29, 1.82) is 0 Å². The van der Waals surface area contributed by atoms with Crippen LogP contribution in [0.3, 0.4) is 0 Å². The van der Waals surface area contributed by atoms with Crippen molar-refractivity contribution < 1.29 is 34.8 Å². The van der Waals surface area contributed by atoms with Gasteiger partial charge in [-0.1, -0.05) is 19.1 Å². The van der Waals surface area contributed by atoms with Crippen molar-refractivity contribution in [3.8, 4) is 5.75 Å². The Balaban J connectivity index is 1.92. The van der Waals surface area contributed by atoms with Gasteiger partial charge in [-0.3, -0.25) is 14.4 Å². The average molecular weight is 428 g/mol. The van der Waals surface area contributed by atoms with E-state index in [1.165, 1.54) is 6.07 Å². The number of hydrogen-bond donors (Lipinski definition) is 6. The largest absolute Gasteiger partial charge is 0.510 e. The summed E-state index contributed by atoms with van der Waals surface area (Å²) in [6.45, 7) is 2.28. The van der Waals surface area contributed by atoms with Crippen LogP contribution >= 0.6 is 0 Å². The van der Waals surface area contributed by atoms with Gasteiger partial charge in [-0.05, 0) is 43.4 Å². The van der Waals surface area contributed by atoms with Crippen LogP contribution in [0.2, 0.25) is 0 Å². The molecule has 0 aromatic heterocycles. The number of carbonyl (C=O) groups excluding carboxylic acids is 3. The first-order chi connectivity index (χ1) is 14.6. The van der Waals surface area contributed by atoms with Crippen LogP contribution in [0, 0.1) is 11.8 Å². The molecule has 3 aliphatic carbocycles. The van der Waals surface area contributed by atoms with Gasteiger partial charge >= 0.3 is 0 Å². The summed E-state index contributed by atoms with van der Waals surface area (Å²) in [6.07, 6.45) is 1.04. The number of aliphatic hydroxyl groups is 3. The van der Waals surface area contributed by atoms with Crippen LogP contribution in [-0.2, 0) is 16.0 Å². The number of rotatable bonds is 4. The van der Waals surface area contributed by atoms with Crippen molar-refractivity contribution in [2.24, 2.45) is 17.6 Å². The van der Waals surface area contributed by atoms with Gasteiger partial charge in [-0.2, -0.15) is 0 Å². The minimum absolute atomic E-state index is 0.0137. The smallest absolute Gasteiger partial charge is 0.255 e. The first-order valence-electron chi connectivity index (χ1n) is 10.2. The summed E-state index contributed by atoms with van der Waals surface area (Å²) in [4.78, 5) is 38.2. The van der Waals surface area contributed by atoms with Crippen LogP contribution in [0.25, 0.3) is 0 Å². The lowest BCUT2D eigenvalue weighted by atomic mass is 9.59. The molecule has 9 nitrogen and oxygen atoms in total. The second-order valence-electron chi connectivity index (χ2n) is 8.30. The predicted molar refractivity (Wildman–Crippen MR) is 108 cm³/mol. The lowest BCUT2D eigenvalue weighted by Gasteiger charge is -2.48. The zero-order chi connectivity index (χ0) is 22.7. The molecule has 4 rings (SSSR count). The van der Waals surface area contributed by atoms with Crippen molar-refractivity contribution in [3.05, 3.63) is 52.0 Å². The van der Waals surface area contributed by atoms with E-state index in [0.717, 1.165) is 0 Å². The molecule has 0 bridgehead atoms. The number of aromatic hydroxyl groups is 1. The number of phenols is 1. The lowest BCUT2D eigenvalue weighted by Crippen LogP contribution is -2.64. The Morgan fingerprint density at radius 1 is 1.26 bits per heavy atom. The topological polar surface area (TPSA) is 170 Å². The molecule has 0 fully saturated rings. The number of ketones is 2. The van der Waals surface area contributed by atoms with Gasteiger partial charge in [0.15, 0.2) is 11.4 Å². The minimum atomic E-state index is -2.61. The molecule has 9 heteroatoms. The molecule has 164 valence electrons. The van der Waals surface area contributed by atoms with Crippen molar-refractivity contribution in [2.45, 2.75) is 37.8 Å². The predicted octanol–water partition coefficient (Wildman–Crippen LogP) is 0.559. The number of fused-ring (bicyclic) bond motifs is 3. The molecule has 4 atom stereocenters. The van der Waals surface area contributed by atoms with Gasteiger partial charge in [0.25, 0.3) is 5.91 Å². The monoisotopic (exact) mass is 428 g/mol. The number of amides is 1. The van der Waals surface area contributed by atoms with Crippen LogP contribution in [0.5, 0.6) is 5.75 Å². The maximum Gasteiger partial charge on any atom is 0.255 e. The van der Waals surface area contributed by atoms with Crippen molar-refractivity contribution in [1.82, 2.24) is 5.32 Å². The number of Topliss-reactive ketones (excluding diaryl/α,β-unsaturated/α-hetero) is 2. The Kier molecular flexibility index (Phi) is 4.90. The van der Waals surface area contributed by atoms with E-state index in [9.17, 15) is 34.8 Å². The molecule has 3 aliphatic rings. The molecule has 1 aromatic rings. The van der Waals surface area contributed by atoms with E-state index in [0.29, 0.717) is 24.9 Å². The summed E-state index contributed by atoms with van der Waals surface area (Å²) < 4.78 is 0. The number of hydrogen-bond acceptors (Lipinski definition) is 8. The van der Waals surface area contributed by atoms with E-state index in [2.05, 4.69) is 5.32 Å². The molecule has 1 amide bonds. The van der Waals surface area contributed by atoms with E-state index >= 15 is 0 Å². The van der Waals surface area contributed by atoms with Crippen LogP contribution < -0.4 is 11.1 Å². The first-order valence-corrected chi connectivity index (χ1v) is 10.2. The van der Waals surface area contributed by atoms with Gasteiger partial charge in [0.2, 0.25) is 5.78 Å². The van der Waals surface area contributed by atoms with Crippen LogP contribution in [0.4, 0.5) is 0 Å². The Morgan fingerprint density at radius 2 is 1.97 bits per heavy atom. The number of allylic oxidation sites excluding steroid dienone is 1. The molecule has 0 aliphatic heterocycles. The summed E-state index contributed by atoms with van der Waals surface area (Å²) in [7, 11) is 0. The molecule has 0 saturated heterocycles. The molecule has 0 radical (unpaired) electrons. The molecule has 31 heavy (non-hydrogen) atoms. The maximum atomic E-state index is 13.2. The van der Waals surface area contributed by atoms with Gasteiger partial charge in [-0.15, -0.1) is 0 Å². The van der Waals surface area contributed by atoms with Crippen molar-refractivity contribution in [3.63, 3.8) is 0 Å². The fourth-order valence-electron chi connectivity index (χ4n) is 5.15. The van der Waals surface area contributed by atoms with E-state index in [1.807, 2.05) is 6.92 Å². The number of carbonyl (C=O) groups is 3. The third kappa shape index (κ3) is 2.80. The van der Waals surface area contributed by atoms with Gasteiger partial charge in [-0.25, -0.2) is 0 Å². The maximum absolute atomic E-state index is 13.2.